The van der Waals surface area contributed by atoms with E-state index in [1.165, 1.54) is 0 Å². The molecule has 92 valence electrons. The second kappa shape index (κ2) is 4.67. The first kappa shape index (κ1) is 12.4. The Morgan fingerprint density at radius 1 is 1.41 bits per heavy atom. The Hall–Kier alpha value is -1.06. The quantitative estimate of drug-likeness (QED) is 0.795. The molecule has 2 rings (SSSR count). The minimum absolute atomic E-state index is 0.220. The zero-order valence-corrected chi connectivity index (χ0v) is 10.7. The van der Waals surface area contributed by atoms with Crippen LogP contribution in [0, 0.1) is 0 Å². The summed E-state index contributed by atoms with van der Waals surface area (Å²) in [7, 11) is 1.82. The molecule has 0 aliphatic heterocycles. The van der Waals surface area contributed by atoms with E-state index in [2.05, 4.69) is 5.32 Å². The van der Waals surface area contributed by atoms with Gasteiger partial charge in [0.15, 0.2) is 5.78 Å². The number of carbonyl (C=O) groups is 1. The average molecular weight is 253 g/mol. The summed E-state index contributed by atoms with van der Waals surface area (Å²) < 4.78 is 0. The van der Waals surface area contributed by atoms with Crippen LogP contribution in [0.15, 0.2) is 18.2 Å². The number of anilines is 1. The van der Waals surface area contributed by atoms with Crippen LogP contribution >= 0.6 is 11.6 Å². The van der Waals surface area contributed by atoms with Crippen molar-refractivity contribution in [3.05, 3.63) is 28.8 Å². The third-order valence-electron chi connectivity index (χ3n) is 3.56. The highest BCUT2D eigenvalue weighted by Gasteiger charge is 2.41. The highest BCUT2D eigenvalue weighted by molar-refractivity contribution is 6.32. The molecule has 1 aromatic rings. The average Bonchev–Trinajstić information content (AvgIpc) is 2.31. The molecule has 3 nitrogen and oxygen atoms in total. The number of benzene rings is 1. The van der Waals surface area contributed by atoms with Crippen molar-refractivity contribution in [1.29, 1.82) is 0 Å². The maximum Gasteiger partial charge on any atom is 0.157 e. The predicted octanol–water partition coefficient (Wildman–Crippen LogP) is 2.48. The first-order chi connectivity index (χ1) is 8.10. The van der Waals surface area contributed by atoms with Gasteiger partial charge in [-0.1, -0.05) is 24.1 Å². The molecule has 0 heterocycles. The molecule has 1 aliphatic carbocycles. The van der Waals surface area contributed by atoms with Crippen molar-refractivity contribution in [2.24, 2.45) is 0 Å². The zero-order valence-electron chi connectivity index (χ0n) is 9.92. The van der Waals surface area contributed by atoms with Gasteiger partial charge in [0.05, 0.1) is 0 Å². The van der Waals surface area contributed by atoms with Crippen molar-refractivity contribution in [1.82, 2.24) is 5.32 Å². The summed E-state index contributed by atoms with van der Waals surface area (Å²) in [5, 5.41) is 3.73. The number of carbonyl (C=O) groups excluding carboxylic acids is 1. The van der Waals surface area contributed by atoms with Crippen molar-refractivity contribution in [2.45, 2.75) is 31.2 Å². The summed E-state index contributed by atoms with van der Waals surface area (Å²) in [6.07, 6.45) is 3.41. The van der Waals surface area contributed by atoms with Crippen molar-refractivity contribution in [3.8, 4) is 0 Å². The first-order valence-corrected chi connectivity index (χ1v) is 6.25. The number of likely N-dealkylation sites (N-methyl/N-ethyl adjacent to an activating group) is 1. The number of nitrogen functional groups attached to an aromatic ring is 1. The topological polar surface area (TPSA) is 55.1 Å². The van der Waals surface area contributed by atoms with Crippen LogP contribution in [0.5, 0.6) is 0 Å². The molecule has 1 atom stereocenters. The van der Waals surface area contributed by atoms with Crippen molar-refractivity contribution < 1.29 is 4.79 Å². The number of rotatable bonds is 2. The molecule has 0 aromatic heterocycles. The molecular formula is C13H17ClN2O. The summed E-state index contributed by atoms with van der Waals surface area (Å²) in [5.74, 6) is 0.220. The van der Waals surface area contributed by atoms with Crippen LogP contribution in [-0.2, 0) is 10.3 Å². The van der Waals surface area contributed by atoms with E-state index >= 15 is 0 Å². The lowest BCUT2D eigenvalue weighted by Crippen LogP contribution is -2.49. The maximum absolute atomic E-state index is 12.2. The van der Waals surface area contributed by atoms with Gasteiger partial charge < -0.3 is 11.1 Å². The van der Waals surface area contributed by atoms with Crippen LogP contribution in [0.25, 0.3) is 0 Å². The second-order valence-corrected chi connectivity index (χ2v) is 4.93. The summed E-state index contributed by atoms with van der Waals surface area (Å²) in [5.41, 5.74) is 6.53. The van der Waals surface area contributed by atoms with Gasteiger partial charge in [0.2, 0.25) is 0 Å². The Morgan fingerprint density at radius 2 is 2.18 bits per heavy atom. The third-order valence-corrected chi connectivity index (χ3v) is 3.87. The van der Waals surface area contributed by atoms with Gasteiger partial charge in [0, 0.05) is 17.1 Å². The fraction of sp³-hybridized carbons (Fsp3) is 0.462. The van der Waals surface area contributed by atoms with E-state index in [0.717, 1.165) is 24.8 Å². The highest BCUT2D eigenvalue weighted by atomic mass is 35.5. The van der Waals surface area contributed by atoms with Crippen molar-refractivity contribution in [2.75, 3.05) is 12.8 Å². The van der Waals surface area contributed by atoms with E-state index in [9.17, 15) is 4.79 Å². The molecule has 1 aliphatic rings. The molecule has 3 N–H and O–H groups in total. The fourth-order valence-corrected chi connectivity index (χ4v) is 2.94. The molecule has 1 saturated carbocycles. The number of ketones is 1. The summed E-state index contributed by atoms with van der Waals surface area (Å²) in [6.45, 7) is 0. The minimum Gasteiger partial charge on any atom is -0.399 e. The van der Waals surface area contributed by atoms with Crippen molar-refractivity contribution >= 4 is 23.1 Å². The van der Waals surface area contributed by atoms with Gasteiger partial charge in [-0.3, -0.25) is 4.79 Å². The Morgan fingerprint density at radius 3 is 2.76 bits per heavy atom. The Bertz CT molecular complexity index is 447. The number of nitrogens with one attached hydrogen (secondary N) is 1. The van der Waals surface area contributed by atoms with Gasteiger partial charge in [-0.2, -0.15) is 0 Å². The molecule has 0 saturated heterocycles. The van der Waals surface area contributed by atoms with Gasteiger partial charge in [-0.05, 0) is 37.6 Å². The maximum atomic E-state index is 12.2. The molecule has 1 unspecified atom stereocenters. The van der Waals surface area contributed by atoms with Crippen LogP contribution in [0.1, 0.15) is 31.2 Å². The van der Waals surface area contributed by atoms with E-state index < -0.39 is 5.54 Å². The van der Waals surface area contributed by atoms with Crippen LogP contribution in [0.2, 0.25) is 5.02 Å². The standard InChI is InChI=1S/C13H17ClN2O/c1-16-13(7-3-2-4-12(13)17)10-6-5-9(15)8-11(10)14/h5-6,8,16H,2-4,7,15H2,1H3. The lowest BCUT2D eigenvalue weighted by Gasteiger charge is -2.36. The largest absolute Gasteiger partial charge is 0.399 e. The van der Waals surface area contributed by atoms with E-state index in [0.29, 0.717) is 17.1 Å². The normalized spacial score (nSPS) is 24.9. The molecule has 0 spiro atoms. The van der Waals surface area contributed by atoms with Crippen LogP contribution in [0.4, 0.5) is 5.69 Å². The molecule has 0 bridgehead atoms. The number of hydrogen-bond acceptors (Lipinski definition) is 3. The number of halogens is 1. The van der Waals surface area contributed by atoms with Gasteiger partial charge in [0.1, 0.15) is 5.54 Å². The third kappa shape index (κ3) is 2.05. The second-order valence-electron chi connectivity index (χ2n) is 4.52. The van der Waals surface area contributed by atoms with Crippen LogP contribution in [-0.4, -0.2) is 12.8 Å². The number of Topliss-reactive ketones (excluding diaryl/α,β-unsaturated/α-hetero) is 1. The zero-order chi connectivity index (χ0) is 12.5. The molecular weight excluding hydrogens is 236 g/mol. The van der Waals surface area contributed by atoms with Crippen molar-refractivity contribution in [3.63, 3.8) is 0 Å². The number of nitrogens with two attached hydrogens (primary N) is 1. The molecule has 1 aromatic carbocycles. The van der Waals surface area contributed by atoms with Gasteiger partial charge >= 0.3 is 0 Å². The van der Waals surface area contributed by atoms with E-state index in [-0.39, 0.29) is 5.78 Å². The van der Waals surface area contributed by atoms with Gasteiger partial charge in [0.25, 0.3) is 0 Å². The smallest absolute Gasteiger partial charge is 0.157 e. The van der Waals surface area contributed by atoms with Crippen LogP contribution in [0.3, 0.4) is 0 Å². The molecule has 4 heteroatoms. The van der Waals surface area contributed by atoms with E-state index in [1.807, 2.05) is 13.1 Å². The van der Waals surface area contributed by atoms with Gasteiger partial charge in [-0.15, -0.1) is 0 Å². The van der Waals surface area contributed by atoms with E-state index in [4.69, 9.17) is 17.3 Å². The number of hydrogen-bond donors (Lipinski definition) is 2. The lowest BCUT2D eigenvalue weighted by molar-refractivity contribution is -0.127. The van der Waals surface area contributed by atoms with Crippen LogP contribution < -0.4 is 11.1 Å². The summed E-state index contributed by atoms with van der Waals surface area (Å²) in [4.78, 5) is 12.2. The molecule has 0 radical (unpaired) electrons. The Balaban J connectivity index is 2.50. The lowest BCUT2D eigenvalue weighted by atomic mass is 9.75. The molecule has 1 fully saturated rings. The summed E-state index contributed by atoms with van der Waals surface area (Å²) in [6, 6.07) is 5.36. The minimum atomic E-state index is -0.622. The highest BCUT2D eigenvalue weighted by Crippen LogP contribution is 2.38. The Kier molecular flexibility index (Phi) is 3.40. The fourth-order valence-electron chi connectivity index (χ4n) is 2.59. The first-order valence-electron chi connectivity index (χ1n) is 5.88. The molecule has 17 heavy (non-hydrogen) atoms. The Labute approximate surface area is 106 Å². The van der Waals surface area contributed by atoms with Gasteiger partial charge in [-0.25, -0.2) is 0 Å². The summed E-state index contributed by atoms with van der Waals surface area (Å²) >= 11 is 6.22. The SMILES string of the molecule is CNC1(c2ccc(N)cc2Cl)CCCCC1=O. The van der Waals surface area contributed by atoms with E-state index in [1.54, 1.807) is 12.1 Å². The molecule has 0 amide bonds. The predicted molar refractivity (Wildman–Crippen MR) is 70.1 cm³/mol. The monoisotopic (exact) mass is 252 g/mol.